The first-order valence-corrected chi connectivity index (χ1v) is 10.4. The van der Waals surface area contributed by atoms with E-state index in [1.165, 1.54) is 18.4 Å². The maximum absolute atomic E-state index is 13.1. The van der Waals surface area contributed by atoms with Crippen molar-refractivity contribution in [2.45, 2.75) is 51.7 Å². The van der Waals surface area contributed by atoms with E-state index in [4.69, 9.17) is 10.5 Å². The first-order chi connectivity index (χ1) is 13.2. The summed E-state index contributed by atoms with van der Waals surface area (Å²) in [5.41, 5.74) is 7.06. The summed E-state index contributed by atoms with van der Waals surface area (Å²) in [7, 11) is 0. The van der Waals surface area contributed by atoms with Crippen LogP contribution in [0.1, 0.15) is 39.2 Å². The summed E-state index contributed by atoms with van der Waals surface area (Å²) in [6, 6.07) is 6.85. The van der Waals surface area contributed by atoms with Gasteiger partial charge in [0.15, 0.2) is 0 Å². The van der Waals surface area contributed by atoms with Crippen molar-refractivity contribution in [3.05, 3.63) is 35.6 Å². The second kappa shape index (κ2) is 8.78. The fourth-order valence-electron chi connectivity index (χ4n) is 4.33. The number of halogens is 1. The van der Waals surface area contributed by atoms with Gasteiger partial charge in [0.1, 0.15) is 11.4 Å². The highest BCUT2D eigenvalue weighted by molar-refractivity contribution is 5.68. The van der Waals surface area contributed by atoms with Gasteiger partial charge in [0.25, 0.3) is 0 Å². The Labute approximate surface area is 168 Å². The van der Waals surface area contributed by atoms with E-state index in [0.29, 0.717) is 19.0 Å². The van der Waals surface area contributed by atoms with Crippen molar-refractivity contribution in [3.63, 3.8) is 0 Å². The molecule has 2 aliphatic rings. The Morgan fingerprint density at radius 1 is 1.21 bits per heavy atom. The third kappa shape index (κ3) is 5.92. The number of nitrogens with two attached hydrogens (primary N) is 1. The highest BCUT2D eigenvalue weighted by atomic mass is 19.1. The van der Waals surface area contributed by atoms with Crippen LogP contribution in [0.15, 0.2) is 24.3 Å². The van der Waals surface area contributed by atoms with Crippen LogP contribution in [0.2, 0.25) is 0 Å². The second-order valence-corrected chi connectivity index (χ2v) is 9.41. The molecule has 3 rings (SSSR count). The topological polar surface area (TPSA) is 58.8 Å². The van der Waals surface area contributed by atoms with Gasteiger partial charge < -0.3 is 20.3 Å². The van der Waals surface area contributed by atoms with Crippen molar-refractivity contribution >= 4 is 6.09 Å². The van der Waals surface area contributed by atoms with Gasteiger partial charge in [-0.3, -0.25) is 0 Å². The Morgan fingerprint density at radius 2 is 1.93 bits per heavy atom. The first-order valence-electron chi connectivity index (χ1n) is 10.4. The number of hydrogen-bond acceptors (Lipinski definition) is 4. The van der Waals surface area contributed by atoms with Crippen molar-refractivity contribution < 1.29 is 13.9 Å². The number of carbonyl (C=O) groups is 1. The molecule has 3 atom stereocenters. The highest BCUT2D eigenvalue weighted by Crippen LogP contribution is 2.25. The number of hydrogen-bond donors (Lipinski definition) is 1. The van der Waals surface area contributed by atoms with E-state index in [9.17, 15) is 9.18 Å². The molecule has 2 heterocycles. The molecule has 0 radical (unpaired) electrons. The maximum atomic E-state index is 13.1. The maximum Gasteiger partial charge on any atom is 0.410 e. The summed E-state index contributed by atoms with van der Waals surface area (Å²) in [4.78, 5) is 16.6. The monoisotopic (exact) mass is 391 g/mol. The van der Waals surface area contributed by atoms with Gasteiger partial charge in [0.2, 0.25) is 0 Å². The van der Waals surface area contributed by atoms with Gasteiger partial charge in [0.05, 0.1) is 0 Å². The SMILES string of the molecule is CC(C)(C)OC(=O)N1C[C@H](CN2CCC[C@@H](Cc3ccc(F)cc3)C2)[C@H](N)C1. The largest absolute Gasteiger partial charge is 0.444 e. The molecule has 1 aromatic carbocycles. The number of nitrogens with zero attached hydrogens (tertiary/aromatic N) is 2. The summed E-state index contributed by atoms with van der Waals surface area (Å²) < 4.78 is 18.6. The van der Waals surface area contributed by atoms with Crippen LogP contribution in [0.25, 0.3) is 0 Å². The molecule has 2 fully saturated rings. The fourth-order valence-corrected chi connectivity index (χ4v) is 4.33. The quantitative estimate of drug-likeness (QED) is 0.856. The predicted molar refractivity (Wildman–Crippen MR) is 109 cm³/mol. The lowest BCUT2D eigenvalue weighted by Crippen LogP contribution is -2.43. The smallest absolute Gasteiger partial charge is 0.410 e. The van der Waals surface area contributed by atoms with E-state index in [0.717, 1.165) is 26.1 Å². The predicted octanol–water partition coefficient (Wildman–Crippen LogP) is 3.27. The van der Waals surface area contributed by atoms with Crippen LogP contribution >= 0.6 is 0 Å². The van der Waals surface area contributed by atoms with Gasteiger partial charge in [-0.25, -0.2) is 9.18 Å². The van der Waals surface area contributed by atoms with Gasteiger partial charge in [-0.1, -0.05) is 12.1 Å². The molecular weight excluding hydrogens is 357 g/mol. The number of rotatable bonds is 4. The van der Waals surface area contributed by atoms with Crippen molar-refractivity contribution in [1.82, 2.24) is 9.80 Å². The summed E-state index contributed by atoms with van der Waals surface area (Å²) in [6.07, 6.45) is 3.09. The number of piperidine rings is 1. The van der Waals surface area contributed by atoms with Crippen molar-refractivity contribution in [3.8, 4) is 0 Å². The van der Waals surface area contributed by atoms with E-state index in [1.54, 1.807) is 17.0 Å². The van der Waals surface area contributed by atoms with E-state index >= 15 is 0 Å². The molecule has 1 amide bonds. The Bertz CT molecular complexity index is 659. The molecule has 0 aliphatic carbocycles. The Hall–Kier alpha value is -1.66. The third-order valence-electron chi connectivity index (χ3n) is 5.68. The second-order valence-electron chi connectivity index (χ2n) is 9.41. The normalized spacial score (nSPS) is 26.5. The summed E-state index contributed by atoms with van der Waals surface area (Å²) in [5.74, 6) is 0.676. The van der Waals surface area contributed by atoms with E-state index in [-0.39, 0.29) is 23.9 Å². The molecule has 5 nitrogen and oxygen atoms in total. The van der Waals surface area contributed by atoms with Crippen LogP contribution in [0.3, 0.4) is 0 Å². The molecule has 2 saturated heterocycles. The highest BCUT2D eigenvalue weighted by Gasteiger charge is 2.36. The Balaban J connectivity index is 1.50. The van der Waals surface area contributed by atoms with Crippen molar-refractivity contribution in [2.24, 2.45) is 17.6 Å². The molecule has 28 heavy (non-hydrogen) atoms. The molecule has 0 saturated carbocycles. The molecule has 0 bridgehead atoms. The van der Waals surface area contributed by atoms with Gasteiger partial charge in [-0.05, 0) is 70.2 Å². The van der Waals surface area contributed by atoms with Crippen molar-refractivity contribution in [1.29, 1.82) is 0 Å². The average molecular weight is 392 g/mol. The summed E-state index contributed by atoms with van der Waals surface area (Å²) in [5, 5.41) is 0. The molecule has 156 valence electrons. The molecule has 2 aliphatic heterocycles. The van der Waals surface area contributed by atoms with E-state index in [1.807, 2.05) is 32.9 Å². The van der Waals surface area contributed by atoms with Crippen LogP contribution in [-0.4, -0.2) is 60.3 Å². The summed E-state index contributed by atoms with van der Waals surface area (Å²) >= 11 is 0. The first kappa shape index (κ1) is 21.1. The van der Waals surface area contributed by atoms with Crippen molar-refractivity contribution in [2.75, 3.05) is 32.7 Å². The van der Waals surface area contributed by atoms with Crippen LogP contribution < -0.4 is 5.73 Å². The third-order valence-corrected chi connectivity index (χ3v) is 5.68. The Morgan fingerprint density at radius 3 is 2.61 bits per heavy atom. The molecule has 0 aromatic heterocycles. The molecule has 6 heteroatoms. The van der Waals surface area contributed by atoms with Gasteiger partial charge in [-0.2, -0.15) is 0 Å². The van der Waals surface area contributed by atoms with Crippen LogP contribution in [0.4, 0.5) is 9.18 Å². The standard InChI is InChI=1S/C22H34FN3O2/c1-22(2,3)28-21(27)26-14-18(20(24)15-26)13-25-10-4-5-17(12-25)11-16-6-8-19(23)9-7-16/h6-9,17-18,20H,4-5,10-15,24H2,1-3H3/t17-,18-,20+/m0/s1. The molecule has 1 aromatic rings. The van der Waals surface area contributed by atoms with Crippen LogP contribution in [-0.2, 0) is 11.2 Å². The van der Waals surface area contributed by atoms with Crippen LogP contribution in [0.5, 0.6) is 0 Å². The lowest BCUT2D eigenvalue weighted by molar-refractivity contribution is 0.0282. The number of ether oxygens (including phenoxy) is 1. The zero-order valence-corrected chi connectivity index (χ0v) is 17.4. The minimum Gasteiger partial charge on any atom is -0.444 e. The zero-order chi connectivity index (χ0) is 20.3. The Kier molecular flexibility index (Phi) is 6.61. The molecule has 2 N–H and O–H groups in total. The van der Waals surface area contributed by atoms with Crippen LogP contribution in [0, 0.1) is 17.7 Å². The minimum atomic E-state index is -0.486. The lowest BCUT2D eigenvalue weighted by Gasteiger charge is -2.35. The summed E-state index contributed by atoms with van der Waals surface area (Å²) in [6.45, 7) is 9.90. The van der Waals surface area contributed by atoms with Gasteiger partial charge in [0, 0.05) is 38.1 Å². The lowest BCUT2D eigenvalue weighted by atomic mass is 9.90. The number of carbonyl (C=O) groups excluding carboxylic acids is 1. The average Bonchev–Trinajstić information content (AvgIpc) is 2.97. The fraction of sp³-hybridized carbons (Fsp3) is 0.682. The molecular formula is C22H34FN3O2. The minimum absolute atomic E-state index is 0.00927. The zero-order valence-electron chi connectivity index (χ0n) is 17.4. The van der Waals surface area contributed by atoms with E-state index in [2.05, 4.69) is 4.90 Å². The number of likely N-dealkylation sites (tertiary alicyclic amines) is 2. The van der Waals surface area contributed by atoms with Gasteiger partial charge >= 0.3 is 6.09 Å². The number of amides is 1. The van der Waals surface area contributed by atoms with Gasteiger partial charge in [-0.15, -0.1) is 0 Å². The number of benzene rings is 1. The molecule has 0 spiro atoms. The molecule has 0 unspecified atom stereocenters. The van der Waals surface area contributed by atoms with E-state index < -0.39 is 5.60 Å².